The lowest BCUT2D eigenvalue weighted by Crippen LogP contribution is -2.40. The number of benzene rings is 1. The average Bonchev–Trinajstić information content (AvgIpc) is 2.62. The molecule has 1 aromatic rings. The number of carboxylic acids is 1. The van der Waals surface area contributed by atoms with Gasteiger partial charge in [0.1, 0.15) is 5.60 Å². The molecular weight excluding hydrogens is 320 g/mol. The van der Waals surface area contributed by atoms with Crippen molar-refractivity contribution in [3.63, 3.8) is 0 Å². The number of carbonyl (C=O) groups excluding carboxylic acids is 1. The molecule has 0 atom stereocenters. The lowest BCUT2D eigenvalue weighted by atomic mass is 9.82. The van der Waals surface area contributed by atoms with Crippen molar-refractivity contribution in [3.8, 4) is 0 Å². The van der Waals surface area contributed by atoms with Crippen LogP contribution < -0.4 is 4.90 Å². The summed E-state index contributed by atoms with van der Waals surface area (Å²) in [6, 6.07) is 3.50. The lowest BCUT2D eigenvalue weighted by molar-refractivity contribution is 0.0242. The van der Waals surface area contributed by atoms with Crippen LogP contribution in [0.2, 0.25) is 0 Å². The van der Waals surface area contributed by atoms with Crippen LogP contribution in [0.5, 0.6) is 0 Å². The molecule has 0 aromatic heterocycles. The summed E-state index contributed by atoms with van der Waals surface area (Å²) in [7, 11) is 0. The summed E-state index contributed by atoms with van der Waals surface area (Å²) < 4.78 is 5.51. The molecular formula is C19H26N2O4. The second-order valence-corrected chi connectivity index (χ2v) is 8.51. The van der Waals surface area contributed by atoms with Crippen molar-refractivity contribution >= 4 is 17.7 Å². The highest BCUT2D eigenvalue weighted by Gasteiger charge is 2.41. The summed E-state index contributed by atoms with van der Waals surface area (Å²) in [6.07, 6.45) is -0.330. The van der Waals surface area contributed by atoms with Gasteiger partial charge in [0.15, 0.2) is 0 Å². The maximum absolute atomic E-state index is 12.5. The van der Waals surface area contributed by atoms with E-state index in [0.717, 1.165) is 23.4 Å². The van der Waals surface area contributed by atoms with Gasteiger partial charge in [-0.25, -0.2) is 9.59 Å². The van der Waals surface area contributed by atoms with Crippen LogP contribution in [0, 0.1) is 0 Å². The molecule has 0 aliphatic carbocycles. The fraction of sp³-hybridized carbons (Fsp3) is 0.579. The van der Waals surface area contributed by atoms with Gasteiger partial charge in [0.05, 0.1) is 12.1 Å². The van der Waals surface area contributed by atoms with Gasteiger partial charge in [-0.3, -0.25) is 0 Å². The monoisotopic (exact) mass is 346 g/mol. The molecule has 6 nitrogen and oxygen atoms in total. The second-order valence-electron chi connectivity index (χ2n) is 8.51. The molecule has 6 heteroatoms. The first-order chi connectivity index (χ1) is 11.5. The number of anilines is 1. The highest BCUT2D eigenvalue weighted by atomic mass is 16.6. The van der Waals surface area contributed by atoms with Crippen LogP contribution in [0.15, 0.2) is 12.1 Å². The SMILES string of the molecule is CC(C)(C)OC(=O)N1CCN2CC(C)(C)c3c(C(=O)O)ccc(c32)C1. The van der Waals surface area contributed by atoms with Gasteiger partial charge in [-0.15, -0.1) is 0 Å². The molecule has 0 spiro atoms. The molecule has 136 valence electrons. The molecule has 2 aliphatic heterocycles. The fourth-order valence-electron chi connectivity index (χ4n) is 3.82. The summed E-state index contributed by atoms with van der Waals surface area (Å²) in [5.41, 5.74) is 2.43. The van der Waals surface area contributed by atoms with Crippen molar-refractivity contribution < 1.29 is 19.4 Å². The van der Waals surface area contributed by atoms with E-state index in [1.54, 1.807) is 11.0 Å². The Morgan fingerprint density at radius 1 is 1.20 bits per heavy atom. The zero-order valence-corrected chi connectivity index (χ0v) is 15.5. The normalized spacial score (nSPS) is 18.6. The Hall–Kier alpha value is -2.24. The number of hydrogen-bond acceptors (Lipinski definition) is 4. The number of aromatic carboxylic acids is 1. The molecule has 0 unspecified atom stereocenters. The van der Waals surface area contributed by atoms with Crippen molar-refractivity contribution in [2.75, 3.05) is 24.5 Å². The van der Waals surface area contributed by atoms with Crippen LogP contribution in [0.4, 0.5) is 10.5 Å². The largest absolute Gasteiger partial charge is 0.478 e. The number of hydrogen-bond donors (Lipinski definition) is 1. The quantitative estimate of drug-likeness (QED) is 0.845. The Morgan fingerprint density at radius 3 is 2.48 bits per heavy atom. The maximum Gasteiger partial charge on any atom is 0.410 e. The van der Waals surface area contributed by atoms with Crippen molar-refractivity contribution in [2.24, 2.45) is 0 Å². The minimum Gasteiger partial charge on any atom is -0.478 e. The van der Waals surface area contributed by atoms with E-state index in [-0.39, 0.29) is 11.5 Å². The zero-order chi connectivity index (χ0) is 18.6. The second kappa shape index (κ2) is 5.64. The summed E-state index contributed by atoms with van der Waals surface area (Å²) in [6.45, 7) is 12.1. The van der Waals surface area contributed by atoms with Gasteiger partial charge in [0.25, 0.3) is 0 Å². The molecule has 0 radical (unpaired) electrons. The van der Waals surface area contributed by atoms with Gasteiger partial charge < -0.3 is 19.6 Å². The van der Waals surface area contributed by atoms with Gasteiger partial charge >= 0.3 is 12.1 Å². The van der Waals surface area contributed by atoms with Gasteiger partial charge in [-0.05, 0) is 38.0 Å². The van der Waals surface area contributed by atoms with Crippen LogP contribution in [0.1, 0.15) is 56.1 Å². The summed E-state index contributed by atoms with van der Waals surface area (Å²) in [5, 5.41) is 9.58. The molecule has 1 aromatic carbocycles. The van der Waals surface area contributed by atoms with E-state index < -0.39 is 11.6 Å². The average molecular weight is 346 g/mol. The predicted molar refractivity (Wildman–Crippen MR) is 95.3 cm³/mol. The molecule has 0 saturated heterocycles. The third-order valence-corrected chi connectivity index (χ3v) is 4.72. The summed E-state index contributed by atoms with van der Waals surface area (Å²) >= 11 is 0. The lowest BCUT2D eigenvalue weighted by Gasteiger charge is -2.27. The number of rotatable bonds is 1. The van der Waals surface area contributed by atoms with Crippen LogP contribution >= 0.6 is 0 Å². The molecule has 1 amide bonds. The van der Waals surface area contributed by atoms with E-state index in [0.29, 0.717) is 25.2 Å². The molecule has 0 fully saturated rings. The Morgan fingerprint density at radius 2 is 1.88 bits per heavy atom. The van der Waals surface area contributed by atoms with E-state index >= 15 is 0 Å². The number of ether oxygens (including phenoxy) is 1. The smallest absolute Gasteiger partial charge is 0.410 e. The Labute approximate surface area is 148 Å². The van der Waals surface area contributed by atoms with Crippen LogP contribution in [0.3, 0.4) is 0 Å². The Kier molecular flexibility index (Phi) is 3.97. The van der Waals surface area contributed by atoms with Crippen molar-refractivity contribution in [1.82, 2.24) is 4.90 Å². The van der Waals surface area contributed by atoms with Gasteiger partial charge in [0, 0.05) is 30.7 Å². The number of nitrogens with zero attached hydrogens (tertiary/aromatic N) is 2. The first-order valence-corrected chi connectivity index (χ1v) is 8.62. The van der Waals surface area contributed by atoms with E-state index in [2.05, 4.69) is 18.7 Å². The summed E-state index contributed by atoms with van der Waals surface area (Å²) in [5.74, 6) is -0.902. The number of amides is 1. The predicted octanol–water partition coefficient (Wildman–Crippen LogP) is 3.23. The highest BCUT2D eigenvalue weighted by molar-refractivity contribution is 5.94. The standard InChI is InChI=1S/C19H26N2O4/c1-18(2,3)25-17(24)20-8-9-21-11-19(4,5)14-13(16(22)23)7-6-12(10-20)15(14)21/h6-7H,8-11H2,1-5H3,(H,22,23). The number of carbonyl (C=O) groups is 2. The van der Waals surface area contributed by atoms with Crippen molar-refractivity contribution in [1.29, 1.82) is 0 Å². The van der Waals surface area contributed by atoms with Crippen LogP contribution in [-0.4, -0.2) is 47.3 Å². The molecule has 25 heavy (non-hydrogen) atoms. The third-order valence-electron chi connectivity index (χ3n) is 4.72. The minimum absolute atomic E-state index is 0.229. The Bertz CT molecular complexity index is 734. The Balaban J connectivity index is 2.01. The molecule has 0 saturated carbocycles. The first-order valence-electron chi connectivity index (χ1n) is 8.62. The fourth-order valence-corrected chi connectivity index (χ4v) is 3.82. The first kappa shape index (κ1) is 17.6. The van der Waals surface area contributed by atoms with E-state index in [1.807, 2.05) is 26.8 Å². The van der Waals surface area contributed by atoms with Crippen LogP contribution in [0.25, 0.3) is 0 Å². The zero-order valence-electron chi connectivity index (χ0n) is 15.5. The van der Waals surface area contributed by atoms with E-state index in [4.69, 9.17) is 4.74 Å². The molecule has 1 N–H and O–H groups in total. The maximum atomic E-state index is 12.5. The van der Waals surface area contributed by atoms with Crippen LogP contribution in [-0.2, 0) is 16.7 Å². The van der Waals surface area contributed by atoms with Gasteiger partial charge in [-0.1, -0.05) is 19.9 Å². The molecule has 2 aliphatic rings. The molecule has 3 rings (SSSR count). The number of carboxylic acid groups (broad SMARTS) is 1. The summed E-state index contributed by atoms with van der Waals surface area (Å²) in [4.78, 5) is 28.1. The topological polar surface area (TPSA) is 70.1 Å². The van der Waals surface area contributed by atoms with E-state index in [1.165, 1.54) is 0 Å². The van der Waals surface area contributed by atoms with Crippen molar-refractivity contribution in [2.45, 2.75) is 52.2 Å². The molecule has 2 heterocycles. The van der Waals surface area contributed by atoms with E-state index in [9.17, 15) is 14.7 Å². The van der Waals surface area contributed by atoms with Gasteiger partial charge in [0.2, 0.25) is 0 Å². The van der Waals surface area contributed by atoms with Crippen molar-refractivity contribution in [3.05, 3.63) is 28.8 Å². The minimum atomic E-state index is -0.902. The molecule has 0 bridgehead atoms. The van der Waals surface area contributed by atoms with Gasteiger partial charge in [-0.2, -0.15) is 0 Å². The highest BCUT2D eigenvalue weighted by Crippen LogP contribution is 2.45. The third kappa shape index (κ3) is 3.17.